The Balaban J connectivity index is 1.61. The lowest BCUT2D eigenvalue weighted by molar-refractivity contribution is -0.137. The molecule has 21 heavy (non-hydrogen) atoms. The Hall–Kier alpha value is -1.96. The van der Waals surface area contributed by atoms with Crippen LogP contribution in [0.1, 0.15) is 36.2 Å². The van der Waals surface area contributed by atoms with Gasteiger partial charge in [0.25, 0.3) is 5.91 Å². The van der Waals surface area contributed by atoms with Gasteiger partial charge in [-0.15, -0.1) is 5.10 Å². The van der Waals surface area contributed by atoms with Crippen LogP contribution in [0.5, 0.6) is 0 Å². The topological polar surface area (TPSA) is 100 Å². The number of aliphatic carboxylic acids is 1. The van der Waals surface area contributed by atoms with Gasteiger partial charge in [0, 0.05) is 18.6 Å². The number of carboxylic acid groups (broad SMARTS) is 1. The fraction of sp³-hybridized carbons (Fsp3) is 0.692. The Labute approximate surface area is 122 Å². The number of fused-ring (bicyclic) bond motifs is 1. The van der Waals surface area contributed by atoms with Crippen LogP contribution in [-0.2, 0) is 11.3 Å². The Morgan fingerprint density at radius 1 is 1.33 bits per heavy atom. The number of carbonyl (C=O) groups is 2. The maximum Gasteiger partial charge on any atom is 0.325 e. The lowest BCUT2D eigenvalue weighted by Gasteiger charge is -2.32. The predicted octanol–water partition coefficient (Wildman–Crippen LogP) is -0.281. The summed E-state index contributed by atoms with van der Waals surface area (Å²) in [6.07, 6.45) is 5.90. The van der Waals surface area contributed by atoms with Crippen molar-refractivity contribution >= 4 is 11.9 Å². The molecule has 2 fully saturated rings. The normalized spacial score (nSPS) is 25.5. The second kappa shape index (κ2) is 5.80. The number of nitrogens with zero attached hydrogens (tertiary/aromatic N) is 4. The smallest absolute Gasteiger partial charge is 0.325 e. The first-order valence-electron chi connectivity index (χ1n) is 7.30. The average molecular weight is 293 g/mol. The monoisotopic (exact) mass is 293 g/mol. The number of amides is 1. The number of rotatable bonds is 4. The Morgan fingerprint density at radius 2 is 2.19 bits per heavy atom. The molecule has 2 N–H and O–H groups in total. The second-order valence-corrected chi connectivity index (χ2v) is 5.66. The van der Waals surface area contributed by atoms with E-state index in [1.54, 1.807) is 0 Å². The fourth-order valence-electron chi connectivity index (χ4n) is 3.28. The molecule has 8 heteroatoms. The Bertz CT molecular complexity index is 544. The van der Waals surface area contributed by atoms with E-state index in [0.717, 1.165) is 30.6 Å². The van der Waals surface area contributed by atoms with Crippen LogP contribution in [0, 0.1) is 0 Å². The van der Waals surface area contributed by atoms with Crippen LogP contribution in [0.25, 0.3) is 0 Å². The van der Waals surface area contributed by atoms with Crippen LogP contribution in [0.3, 0.4) is 0 Å². The minimum atomic E-state index is -1.01. The van der Waals surface area contributed by atoms with Gasteiger partial charge in [0.15, 0.2) is 5.69 Å². The largest absolute Gasteiger partial charge is 0.480 e. The van der Waals surface area contributed by atoms with Crippen LogP contribution in [-0.4, -0.2) is 62.0 Å². The van der Waals surface area contributed by atoms with E-state index < -0.39 is 5.97 Å². The maximum absolute atomic E-state index is 12.2. The summed E-state index contributed by atoms with van der Waals surface area (Å²) in [7, 11) is 0. The Kier molecular flexibility index (Phi) is 3.87. The predicted molar refractivity (Wildman–Crippen MR) is 72.7 cm³/mol. The van der Waals surface area contributed by atoms with Crippen molar-refractivity contribution < 1.29 is 14.7 Å². The van der Waals surface area contributed by atoms with Gasteiger partial charge in [0.05, 0.1) is 6.20 Å². The standard InChI is InChI=1S/C13H19N5O3/c19-12(20)8-18-7-10(15-16-18)13(21)14-9-4-6-17-5-2-1-3-11(9)17/h7,9,11H,1-6,8H2,(H,14,21)(H,19,20). The molecule has 1 amide bonds. The van der Waals surface area contributed by atoms with Crippen molar-refractivity contribution in [3.63, 3.8) is 0 Å². The minimum absolute atomic E-state index is 0.155. The molecular weight excluding hydrogens is 274 g/mol. The van der Waals surface area contributed by atoms with E-state index in [2.05, 4.69) is 20.5 Å². The fourth-order valence-corrected chi connectivity index (χ4v) is 3.28. The first-order chi connectivity index (χ1) is 10.1. The molecule has 8 nitrogen and oxygen atoms in total. The number of hydrogen-bond acceptors (Lipinski definition) is 5. The zero-order chi connectivity index (χ0) is 14.8. The van der Waals surface area contributed by atoms with Gasteiger partial charge in [-0.2, -0.15) is 0 Å². The third kappa shape index (κ3) is 3.05. The number of carboxylic acids is 1. The van der Waals surface area contributed by atoms with E-state index >= 15 is 0 Å². The molecule has 2 aliphatic rings. The summed E-state index contributed by atoms with van der Waals surface area (Å²) in [4.78, 5) is 25.2. The quantitative estimate of drug-likeness (QED) is 0.792. The van der Waals surface area contributed by atoms with Crippen molar-refractivity contribution in [3.05, 3.63) is 11.9 Å². The summed E-state index contributed by atoms with van der Waals surface area (Å²) >= 11 is 0. The van der Waals surface area contributed by atoms with E-state index in [4.69, 9.17) is 5.11 Å². The molecule has 2 saturated heterocycles. The summed E-state index contributed by atoms with van der Waals surface area (Å²) in [6.45, 7) is 1.85. The first kappa shape index (κ1) is 14.0. The number of nitrogens with one attached hydrogen (secondary N) is 1. The van der Waals surface area contributed by atoms with Crippen LogP contribution in [0.15, 0.2) is 6.20 Å². The average Bonchev–Trinajstić information content (AvgIpc) is 3.06. The van der Waals surface area contributed by atoms with Crippen molar-refractivity contribution in [2.45, 2.75) is 44.3 Å². The number of hydrogen-bond donors (Lipinski definition) is 2. The van der Waals surface area contributed by atoms with Crippen molar-refractivity contribution in [3.8, 4) is 0 Å². The van der Waals surface area contributed by atoms with Gasteiger partial charge in [-0.05, 0) is 25.8 Å². The maximum atomic E-state index is 12.2. The molecule has 2 unspecified atom stereocenters. The molecule has 3 heterocycles. The first-order valence-corrected chi connectivity index (χ1v) is 7.30. The van der Waals surface area contributed by atoms with Gasteiger partial charge in [0.2, 0.25) is 0 Å². The molecule has 0 aromatic carbocycles. The lowest BCUT2D eigenvalue weighted by atomic mass is 9.99. The van der Waals surface area contributed by atoms with Crippen molar-refractivity contribution in [2.24, 2.45) is 0 Å². The van der Waals surface area contributed by atoms with Crippen LogP contribution >= 0.6 is 0 Å². The van der Waals surface area contributed by atoms with Gasteiger partial charge in [-0.25, -0.2) is 4.68 Å². The number of piperidine rings is 1. The van der Waals surface area contributed by atoms with E-state index in [0.29, 0.717) is 6.04 Å². The zero-order valence-electron chi connectivity index (χ0n) is 11.7. The highest BCUT2D eigenvalue weighted by Gasteiger charge is 2.36. The van der Waals surface area contributed by atoms with Crippen molar-refractivity contribution in [2.75, 3.05) is 13.1 Å². The molecule has 0 radical (unpaired) electrons. The molecule has 2 atom stereocenters. The van der Waals surface area contributed by atoms with Crippen LogP contribution < -0.4 is 5.32 Å². The molecule has 0 bridgehead atoms. The molecule has 0 saturated carbocycles. The Morgan fingerprint density at radius 3 is 3.00 bits per heavy atom. The van der Waals surface area contributed by atoms with Gasteiger partial charge in [-0.1, -0.05) is 11.6 Å². The highest BCUT2D eigenvalue weighted by atomic mass is 16.4. The SMILES string of the molecule is O=C(O)Cn1cc(C(=O)NC2CCN3CCCCC23)nn1. The second-order valence-electron chi connectivity index (χ2n) is 5.66. The summed E-state index contributed by atoms with van der Waals surface area (Å²) < 4.78 is 1.15. The van der Waals surface area contributed by atoms with Crippen LogP contribution in [0.4, 0.5) is 0 Å². The molecular formula is C13H19N5O3. The highest BCUT2D eigenvalue weighted by Crippen LogP contribution is 2.27. The summed E-state index contributed by atoms with van der Waals surface area (Å²) in [6, 6.07) is 0.583. The molecule has 0 spiro atoms. The van der Waals surface area contributed by atoms with Crippen molar-refractivity contribution in [1.82, 2.24) is 25.2 Å². The number of aromatic nitrogens is 3. The molecule has 1 aromatic heterocycles. The summed E-state index contributed by atoms with van der Waals surface area (Å²) in [5.74, 6) is -1.29. The highest BCUT2D eigenvalue weighted by molar-refractivity contribution is 5.92. The third-order valence-electron chi connectivity index (χ3n) is 4.24. The molecule has 0 aliphatic carbocycles. The van der Waals surface area contributed by atoms with E-state index in [1.165, 1.54) is 19.0 Å². The van der Waals surface area contributed by atoms with Gasteiger partial charge in [0.1, 0.15) is 6.54 Å². The molecule has 114 valence electrons. The summed E-state index contributed by atoms with van der Waals surface area (Å²) in [5.41, 5.74) is 0.172. The van der Waals surface area contributed by atoms with E-state index in [1.807, 2.05) is 0 Å². The number of carbonyl (C=O) groups excluding carboxylic acids is 1. The lowest BCUT2D eigenvalue weighted by Crippen LogP contribution is -2.46. The van der Waals surface area contributed by atoms with Crippen LogP contribution in [0.2, 0.25) is 0 Å². The molecule has 1 aromatic rings. The summed E-state index contributed by atoms with van der Waals surface area (Å²) in [5, 5.41) is 19.1. The van der Waals surface area contributed by atoms with Crippen molar-refractivity contribution in [1.29, 1.82) is 0 Å². The van der Waals surface area contributed by atoms with Gasteiger partial charge >= 0.3 is 5.97 Å². The van der Waals surface area contributed by atoms with E-state index in [9.17, 15) is 9.59 Å². The molecule has 2 aliphatic heterocycles. The minimum Gasteiger partial charge on any atom is -0.480 e. The molecule has 3 rings (SSSR count). The zero-order valence-corrected chi connectivity index (χ0v) is 11.7. The third-order valence-corrected chi connectivity index (χ3v) is 4.24. The van der Waals surface area contributed by atoms with E-state index in [-0.39, 0.29) is 24.2 Å². The van der Waals surface area contributed by atoms with Gasteiger partial charge in [-0.3, -0.25) is 14.5 Å². The van der Waals surface area contributed by atoms with Gasteiger partial charge < -0.3 is 10.4 Å².